The maximum absolute atomic E-state index is 13.1. The van der Waals surface area contributed by atoms with Crippen molar-refractivity contribution in [2.24, 2.45) is 0 Å². The Kier molecular flexibility index (Phi) is 6.02. The molecule has 3 rings (SSSR count). The van der Waals surface area contributed by atoms with Gasteiger partial charge in [-0.1, -0.05) is 6.07 Å². The summed E-state index contributed by atoms with van der Waals surface area (Å²) in [6.07, 6.45) is -2.15. The molecule has 1 fully saturated rings. The van der Waals surface area contributed by atoms with Gasteiger partial charge in [-0.2, -0.15) is 0 Å². The van der Waals surface area contributed by atoms with Gasteiger partial charge in [0.25, 0.3) is 0 Å². The van der Waals surface area contributed by atoms with Crippen LogP contribution in [0.5, 0.6) is 11.5 Å². The minimum absolute atomic E-state index is 0. The number of halogens is 3. The molecule has 1 aromatic rings. The molecule has 0 aromatic heterocycles. The van der Waals surface area contributed by atoms with Crippen LogP contribution in [0.15, 0.2) is 18.2 Å². The van der Waals surface area contributed by atoms with Gasteiger partial charge in [-0.25, -0.2) is 0 Å². The first-order chi connectivity index (χ1) is 10.6. The standard InChI is InChI=1S/C15H20F2N2O3.ClH/c16-15(17)21-13-4-3-11(10-14(13)22-15)12(2-1-9-20)19-7-5-18-6-8-19;/h3-4,10,12,18,20H,1-2,5-9H2;1H/t12-;/m1./s1. The number of fused-ring (bicyclic) bond motifs is 1. The highest BCUT2D eigenvalue weighted by Gasteiger charge is 2.43. The maximum atomic E-state index is 13.1. The average Bonchev–Trinajstić information content (AvgIpc) is 2.82. The van der Waals surface area contributed by atoms with Crippen molar-refractivity contribution >= 4 is 12.4 Å². The second-order valence-corrected chi connectivity index (χ2v) is 5.54. The van der Waals surface area contributed by atoms with E-state index in [0.717, 1.165) is 38.2 Å². The fraction of sp³-hybridized carbons (Fsp3) is 0.600. The zero-order valence-electron chi connectivity index (χ0n) is 12.6. The number of alkyl halides is 2. The van der Waals surface area contributed by atoms with E-state index in [1.807, 2.05) is 0 Å². The highest BCUT2D eigenvalue weighted by Crippen LogP contribution is 2.43. The van der Waals surface area contributed by atoms with Gasteiger partial charge in [0.2, 0.25) is 0 Å². The van der Waals surface area contributed by atoms with Crippen LogP contribution < -0.4 is 14.8 Å². The lowest BCUT2D eigenvalue weighted by molar-refractivity contribution is -0.286. The van der Waals surface area contributed by atoms with Crippen molar-refractivity contribution in [2.75, 3.05) is 32.8 Å². The Balaban J connectivity index is 0.00000192. The van der Waals surface area contributed by atoms with Gasteiger partial charge in [0.15, 0.2) is 11.5 Å². The van der Waals surface area contributed by atoms with Crippen LogP contribution in [0.2, 0.25) is 0 Å². The van der Waals surface area contributed by atoms with Crippen LogP contribution in [-0.2, 0) is 0 Å². The molecule has 5 nitrogen and oxygen atoms in total. The molecule has 2 aliphatic heterocycles. The van der Waals surface area contributed by atoms with E-state index in [1.165, 1.54) is 6.07 Å². The number of ether oxygens (including phenoxy) is 2. The molecule has 2 N–H and O–H groups in total. The summed E-state index contributed by atoms with van der Waals surface area (Å²) in [5.41, 5.74) is 0.912. The fourth-order valence-electron chi connectivity index (χ4n) is 3.01. The molecule has 0 unspecified atom stereocenters. The summed E-state index contributed by atoms with van der Waals surface area (Å²) in [6, 6.07) is 5.03. The van der Waals surface area contributed by atoms with Gasteiger partial charge < -0.3 is 19.9 Å². The SMILES string of the molecule is Cl.OCCC[C@H](c1ccc2c(c1)OC(F)(F)O2)N1CCNCC1. The summed E-state index contributed by atoms with van der Waals surface area (Å²) in [4.78, 5) is 2.31. The van der Waals surface area contributed by atoms with Crippen LogP contribution in [0.1, 0.15) is 24.4 Å². The van der Waals surface area contributed by atoms with Crippen LogP contribution in [0.3, 0.4) is 0 Å². The van der Waals surface area contributed by atoms with Crippen LogP contribution >= 0.6 is 12.4 Å². The van der Waals surface area contributed by atoms with Gasteiger partial charge in [0.1, 0.15) is 0 Å². The highest BCUT2D eigenvalue weighted by molar-refractivity contribution is 5.85. The molecule has 2 aliphatic rings. The number of piperazine rings is 1. The lowest BCUT2D eigenvalue weighted by Gasteiger charge is -2.35. The Labute approximate surface area is 140 Å². The summed E-state index contributed by atoms with van der Waals surface area (Å²) >= 11 is 0. The predicted molar refractivity (Wildman–Crippen MR) is 83.4 cm³/mol. The summed E-state index contributed by atoms with van der Waals surface area (Å²) in [7, 11) is 0. The van der Waals surface area contributed by atoms with Crippen molar-refractivity contribution in [3.8, 4) is 11.5 Å². The smallest absolute Gasteiger partial charge is 0.396 e. The van der Waals surface area contributed by atoms with Crippen molar-refractivity contribution in [1.82, 2.24) is 10.2 Å². The lowest BCUT2D eigenvalue weighted by atomic mass is 9.99. The second-order valence-electron chi connectivity index (χ2n) is 5.54. The quantitative estimate of drug-likeness (QED) is 0.852. The number of benzene rings is 1. The number of nitrogens with one attached hydrogen (secondary N) is 1. The fourth-order valence-corrected chi connectivity index (χ4v) is 3.01. The van der Waals surface area contributed by atoms with Crippen molar-refractivity contribution < 1.29 is 23.4 Å². The van der Waals surface area contributed by atoms with E-state index in [-0.39, 0.29) is 36.6 Å². The molecule has 23 heavy (non-hydrogen) atoms. The minimum atomic E-state index is -3.59. The molecular formula is C15H21ClF2N2O3. The monoisotopic (exact) mass is 350 g/mol. The van der Waals surface area contributed by atoms with E-state index < -0.39 is 6.29 Å². The molecule has 1 saturated heterocycles. The number of rotatable bonds is 5. The second kappa shape index (κ2) is 7.61. The first kappa shape index (κ1) is 18.2. The van der Waals surface area contributed by atoms with E-state index in [9.17, 15) is 8.78 Å². The molecule has 0 spiro atoms. The Morgan fingerprint density at radius 3 is 2.61 bits per heavy atom. The van der Waals surface area contributed by atoms with Crippen molar-refractivity contribution in [3.05, 3.63) is 23.8 Å². The molecule has 0 bridgehead atoms. The van der Waals surface area contributed by atoms with E-state index in [1.54, 1.807) is 12.1 Å². The number of aliphatic hydroxyl groups is 1. The molecule has 1 aromatic carbocycles. The van der Waals surface area contributed by atoms with Gasteiger partial charge in [0, 0.05) is 38.8 Å². The molecule has 0 radical (unpaired) electrons. The highest BCUT2D eigenvalue weighted by atomic mass is 35.5. The van der Waals surface area contributed by atoms with E-state index >= 15 is 0 Å². The van der Waals surface area contributed by atoms with E-state index in [4.69, 9.17) is 5.11 Å². The molecule has 0 aliphatic carbocycles. The Hall–Kier alpha value is -1.15. The third-order valence-electron chi connectivity index (χ3n) is 4.04. The zero-order valence-corrected chi connectivity index (χ0v) is 13.5. The Morgan fingerprint density at radius 1 is 1.22 bits per heavy atom. The third kappa shape index (κ3) is 4.23. The van der Waals surface area contributed by atoms with Crippen LogP contribution in [0, 0.1) is 0 Å². The minimum Gasteiger partial charge on any atom is -0.396 e. The number of nitrogens with zero attached hydrogens (tertiary/aromatic N) is 1. The largest absolute Gasteiger partial charge is 0.586 e. The number of aliphatic hydroxyl groups excluding tert-OH is 1. The van der Waals surface area contributed by atoms with Gasteiger partial charge in [-0.15, -0.1) is 21.2 Å². The number of hydrogen-bond donors (Lipinski definition) is 2. The Morgan fingerprint density at radius 2 is 1.91 bits per heavy atom. The molecule has 0 amide bonds. The number of hydrogen-bond acceptors (Lipinski definition) is 5. The summed E-state index contributed by atoms with van der Waals surface area (Å²) in [5, 5.41) is 12.4. The van der Waals surface area contributed by atoms with Crippen molar-refractivity contribution in [1.29, 1.82) is 0 Å². The third-order valence-corrected chi connectivity index (χ3v) is 4.04. The van der Waals surface area contributed by atoms with Gasteiger partial charge in [0.05, 0.1) is 0 Å². The molecule has 1 atom stereocenters. The normalized spacial score (nSPS) is 20.8. The topological polar surface area (TPSA) is 54.0 Å². The van der Waals surface area contributed by atoms with Gasteiger partial charge in [-0.05, 0) is 30.5 Å². The average molecular weight is 351 g/mol. The molecule has 8 heteroatoms. The van der Waals surface area contributed by atoms with Gasteiger partial charge >= 0.3 is 6.29 Å². The first-order valence-electron chi connectivity index (χ1n) is 7.54. The van der Waals surface area contributed by atoms with E-state index in [2.05, 4.69) is 19.7 Å². The first-order valence-corrected chi connectivity index (χ1v) is 7.54. The summed E-state index contributed by atoms with van der Waals surface area (Å²) < 4.78 is 35.2. The zero-order chi connectivity index (χ0) is 15.6. The predicted octanol–water partition coefficient (Wildman–Crippen LogP) is 2.15. The van der Waals surface area contributed by atoms with Crippen LogP contribution in [0.25, 0.3) is 0 Å². The maximum Gasteiger partial charge on any atom is 0.586 e. The van der Waals surface area contributed by atoms with Crippen LogP contribution in [-0.4, -0.2) is 49.1 Å². The van der Waals surface area contributed by atoms with Crippen LogP contribution in [0.4, 0.5) is 8.78 Å². The van der Waals surface area contributed by atoms with Gasteiger partial charge in [-0.3, -0.25) is 4.90 Å². The summed E-state index contributed by atoms with van der Waals surface area (Å²) in [6.45, 7) is 3.70. The van der Waals surface area contributed by atoms with Crippen molar-refractivity contribution in [2.45, 2.75) is 25.2 Å². The lowest BCUT2D eigenvalue weighted by Crippen LogP contribution is -2.45. The Bertz CT molecular complexity index is 527. The molecule has 2 heterocycles. The van der Waals surface area contributed by atoms with E-state index in [0.29, 0.717) is 6.42 Å². The molecule has 130 valence electrons. The van der Waals surface area contributed by atoms with Crippen molar-refractivity contribution in [3.63, 3.8) is 0 Å². The molecule has 0 saturated carbocycles. The molecular weight excluding hydrogens is 330 g/mol. The summed E-state index contributed by atoms with van der Waals surface area (Å²) in [5.74, 6) is 0.140.